The monoisotopic (exact) mass is 325 g/mol. The van der Waals surface area contributed by atoms with E-state index in [1.165, 1.54) is 16.6 Å². The van der Waals surface area contributed by atoms with Crippen LogP contribution in [0, 0.1) is 17.2 Å². The summed E-state index contributed by atoms with van der Waals surface area (Å²) in [5.41, 5.74) is 4.10. The molecule has 1 fully saturated rings. The highest BCUT2D eigenvalue weighted by atomic mass is 16.4. The Morgan fingerprint density at radius 2 is 2.29 bits per heavy atom. The standard InChI is InChI=1S/C19H23N3O2/c1-3-15-16-6-4-13(10-20)9-18(16)21-17(15)7-5-14-8-12(2)11-22(14)19(23)24/h4,6,9,12,14,21H,3,5,7-8,11H2,1-2H3,(H,23,24)/t12-,14-/m0/s1. The number of fused-ring (bicyclic) bond motifs is 1. The third-order valence-electron chi connectivity index (χ3n) is 5.07. The van der Waals surface area contributed by atoms with Crippen LogP contribution in [0.5, 0.6) is 0 Å². The lowest BCUT2D eigenvalue weighted by Gasteiger charge is -2.21. The maximum Gasteiger partial charge on any atom is 0.407 e. The van der Waals surface area contributed by atoms with Crippen LogP contribution in [0.1, 0.15) is 43.5 Å². The molecular weight excluding hydrogens is 302 g/mol. The SMILES string of the molecule is CCc1c(CC[C@H]2C[C@H](C)CN2C(=O)O)[nH]c2cc(C#N)ccc12. The molecule has 126 valence electrons. The average Bonchev–Trinajstić information content (AvgIpc) is 3.11. The summed E-state index contributed by atoms with van der Waals surface area (Å²) in [5.74, 6) is 0.428. The quantitative estimate of drug-likeness (QED) is 0.894. The summed E-state index contributed by atoms with van der Waals surface area (Å²) in [5, 5.41) is 19.6. The van der Waals surface area contributed by atoms with Crippen molar-refractivity contribution < 1.29 is 9.90 Å². The van der Waals surface area contributed by atoms with Crippen LogP contribution in [0.3, 0.4) is 0 Å². The van der Waals surface area contributed by atoms with Gasteiger partial charge in [0.15, 0.2) is 0 Å². The van der Waals surface area contributed by atoms with E-state index in [2.05, 4.69) is 24.9 Å². The summed E-state index contributed by atoms with van der Waals surface area (Å²) in [6.45, 7) is 4.88. The first-order valence-corrected chi connectivity index (χ1v) is 8.56. The van der Waals surface area contributed by atoms with Crippen LogP contribution in [-0.4, -0.2) is 33.7 Å². The molecule has 2 atom stereocenters. The summed E-state index contributed by atoms with van der Waals surface area (Å²) in [6.07, 6.45) is 2.72. The largest absolute Gasteiger partial charge is 0.465 e. The molecule has 1 saturated heterocycles. The number of H-pyrrole nitrogens is 1. The summed E-state index contributed by atoms with van der Waals surface area (Å²) in [7, 11) is 0. The highest BCUT2D eigenvalue weighted by Crippen LogP contribution is 2.29. The number of amides is 1. The second kappa shape index (κ2) is 6.56. The van der Waals surface area contributed by atoms with E-state index in [1.54, 1.807) is 4.90 Å². The number of nitriles is 1. The number of aryl methyl sites for hydroxylation is 2. The van der Waals surface area contributed by atoms with E-state index in [4.69, 9.17) is 5.26 Å². The molecule has 0 aliphatic carbocycles. The lowest BCUT2D eigenvalue weighted by molar-refractivity contribution is 0.137. The van der Waals surface area contributed by atoms with Crippen molar-refractivity contribution in [3.63, 3.8) is 0 Å². The van der Waals surface area contributed by atoms with Crippen LogP contribution in [0.25, 0.3) is 10.9 Å². The molecule has 0 spiro atoms. The number of nitrogens with zero attached hydrogens (tertiary/aromatic N) is 2. The van der Waals surface area contributed by atoms with Crippen molar-refractivity contribution in [2.45, 2.75) is 45.6 Å². The molecule has 1 aliphatic rings. The number of hydrogen-bond donors (Lipinski definition) is 2. The molecule has 2 heterocycles. The fourth-order valence-corrected chi connectivity index (χ4v) is 3.97. The van der Waals surface area contributed by atoms with Gasteiger partial charge in [-0.1, -0.05) is 19.9 Å². The third-order valence-corrected chi connectivity index (χ3v) is 5.07. The minimum atomic E-state index is -0.810. The molecule has 1 aromatic carbocycles. The Labute approximate surface area is 141 Å². The van der Waals surface area contributed by atoms with Crippen molar-refractivity contribution in [1.82, 2.24) is 9.88 Å². The van der Waals surface area contributed by atoms with Gasteiger partial charge in [0.2, 0.25) is 0 Å². The van der Waals surface area contributed by atoms with Gasteiger partial charge in [0.1, 0.15) is 0 Å². The molecule has 0 radical (unpaired) electrons. The molecule has 24 heavy (non-hydrogen) atoms. The van der Waals surface area contributed by atoms with Gasteiger partial charge >= 0.3 is 6.09 Å². The number of carboxylic acid groups (broad SMARTS) is 1. The van der Waals surface area contributed by atoms with Gasteiger partial charge in [0.05, 0.1) is 11.6 Å². The van der Waals surface area contributed by atoms with Crippen molar-refractivity contribution in [3.05, 3.63) is 35.0 Å². The molecule has 3 rings (SSSR count). The Kier molecular flexibility index (Phi) is 4.48. The first-order chi connectivity index (χ1) is 11.5. The number of hydrogen-bond acceptors (Lipinski definition) is 2. The Balaban J connectivity index is 1.82. The summed E-state index contributed by atoms with van der Waals surface area (Å²) in [6, 6.07) is 8.02. The molecule has 2 N–H and O–H groups in total. The maximum atomic E-state index is 11.4. The van der Waals surface area contributed by atoms with Crippen molar-refractivity contribution in [1.29, 1.82) is 5.26 Å². The molecule has 5 nitrogen and oxygen atoms in total. The minimum absolute atomic E-state index is 0.100. The molecular formula is C19H23N3O2. The maximum absolute atomic E-state index is 11.4. The molecule has 5 heteroatoms. The first-order valence-electron chi connectivity index (χ1n) is 8.56. The number of likely N-dealkylation sites (tertiary alicyclic amines) is 1. The third kappa shape index (κ3) is 2.96. The second-order valence-corrected chi connectivity index (χ2v) is 6.78. The fraction of sp³-hybridized carbons (Fsp3) is 0.474. The highest BCUT2D eigenvalue weighted by molar-refractivity contribution is 5.85. The average molecular weight is 325 g/mol. The zero-order valence-corrected chi connectivity index (χ0v) is 14.2. The topological polar surface area (TPSA) is 80.1 Å². The Morgan fingerprint density at radius 3 is 2.96 bits per heavy atom. The van der Waals surface area contributed by atoms with Gasteiger partial charge in [-0.25, -0.2) is 4.79 Å². The highest BCUT2D eigenvalue weighted by Gasteiger charge is 2.32. The van der Waals surface area contributed by atoms with Crippen molar-refractivity contribution in [2.24, 2.45) is 5.92 Å². The van der Waals surface area contributed by atoms with Gasteiger partial charge in [-0.15, -0.1) is 0 Å². The van der Waals surface area contributed by atoms with Crippen LogP contribution in [0.4, 0.5) is 4.79 Å². The van der Waals surface area contributed by atoms with Gasteiger partial charge in [-0.2, -0.15) is 5.26 Å². The normalized spacial score (nSPS) is 20.5. The van der Waals surface area contributed by atoms with Crippen LogP contribution >= 0.6 is 0 Å². The van der Waals surface area contributed by atoms with Crippen LogP contribution in [-0.2, 0) is 12.8 Å². The van der Waals surface area contributed by atoms with Gasteiger partial charge in [-0.05, 0) is 49.3 Å². The van der Waals surface area contributed by atoms with Crippen LogP contribution < -0.4 is 0 Å². The van der Waals surface area contributed by atoms with Gasteiger partial charge in [0.25, 0.3) is 0 Å². The van der Waals surface area contributed by atoms with Crippen molar-refractivity contribution in [2.75, 3.05) is 6.54 Å². The lowest BCUT2D eigenvalue weighted by atomic mass is 10.00. The molecule has 0 saturated carbocycles. The summed E-state index contributed by atoms with van der Waals surface area (Å²) < 4.78 is 0. The zero-order valence-electron chi connectivity index (χ0n) is 14.2. The smallest absolute Gasteiger partial charge is 0.407 e. The molecule has 2 aromatic rings. The number of nitrogens with one attached hydrogen (secondary N) is 1. The van der Waals surface area contributed by atoms with E-state index in [-0.39, 0.29) is 6.04 Å². The number of carbonyl (C=O) groups is 1. The number of benzene rings is 1. The van der Waals surface area contributed by atoms with Gasteiger partial charge in [-0.3, -0.25) is 0 Å². The minimum Gasteiger partial charge on any atom is -0.465 e. The predicted octanol–water partition coefficient (Wildman–Crippen LogP) is 3.92. The Morgan fingerprint density at radius 1 is 1.50 bits per heavy atom. The fourth-order valence-electron chi connectivity index (χ4n) is 3.97. The Hall–Kier alpha value is -2.48. The zero-order chi connectivity index (χ0) is 17.3. The van der Waals surface area contributed by atoms with E-state index in [1.807, 2.05) is 18.2 Å². The number of aromatic nitrogens is 1. The number of rotatable bonds is 4. The van der Waals surface area contributed by atoms with Crippen molar-refractivity contribution >= 4 is 17.0 Å². The van der Waals surface area contributed by atoms with E-state index in [9.17, 15) is 9.90 Å². The summed E-state index contributed by atoms with van der Waals surface area (Å²) >= 11 is 0. The predicted molar refractivity (Wildman–Crippen MR) is 93.0 cm³/mol. The summed E-state index contributed by atoms with van der Waals surface area (Å²) in [4.78, 5) is 16.4. The molecule has 1 aromatic heterocycles. The number of aromatic amines is 1. The second-order valence-electron chi connectivity index (χ2n) is 6.78. The van der Waals surface area contributed by atoms with E-state index < -0.39 is 6.09 Å². The lowest BCUT2D eigenvalue weighted by Crippen LogP contribution is -2.34. The molecule has 1 aliphatic heterocycles. The Bertz CT molecular complexity index is 803. The van der Waals surface area contributed by atoms with Crippen molar-refractivity contribution in [3.8, 4) is 6.07 Å². The van der Waals surface area contributed by atoms with E-state index >= 15 is 0 Å². The van der Waals surface area contributed by atoms with Gasteiger partial charge < -0.3 is 15.0 Å². The molecule has 0 bridgehead atoms. The van der Waals surface area contributed by atoms with Crippen LogP contribution in [0.2, 0.25) is 0 Å². The van der Waals surface area contributed by atoms with E-state index in [0.717, 1.165) is 31.2 Å². The van der Waals surface area contributed by atoms with E-state index in [0.29, 0.717) is 18.0 Å². The van der Waals surface area contributed by atoms with Crippen LogP contribution in [0.15, 0.2) is 18.2 Å². The first kappa shape index (κ1) is 16.4. The molecule has 0 unspecified atom stereocenters. The van der Waals surface area contributed by atoms with Gasteiger partial charge in [0, 0.05) is 29.2 Å². The molecule has 1 amide bonds.